The van der Waals surface area contributed by atoms with Gasteiger partial charge in [-0.15, -0.1) is 0 Å². The molecule has 166 valence electrons. The predicted molar refractivity (Wildman–Crippen MR) is 116 cm³/mol. The molecule has 0 unspecified atom stereocenters. The van der Waals surface area contributed by atoms with E-state index in [0.29, 0.717) is 17.9 Å². The lowest BCUT2D eigenvalue weighted by Gasteiger charge is -2.19. The van der Waals surface area contributed by atoms with E-state index in [-0.39, 0.29) is 34.9 Å². The first kappa shape index (κ1) is 24.5. The van der Waals surface area contributed by atoms with Gasteiger partial charge in [0.15, 0.2) is 5.16 Å². The van der Waals surface area contributed by atoms with Crippen LogP contribution in [0.5, 0.6) is 0 Å². The van der Waals surface area contributed by atoms with Crippen molar-refractivity contribution in [2.45, 2.75) is 43.6 Å². The summed E-state index contributed by atoms with van der Waals surface area (Å²) in [7, 11) is -3.63. The summed E-state index contributed by atoms with van der Waals surface area (Å²) in [5.74, 6) is -0.484. The van der Waals surface area contributed by atoms with Gasteiger partial charge in [-0.05, 0) is 25.3 Å². The standard InChI is InChI=1S/C17H24ClFN6O3S2/c1-9(2)7-11(8-26)20-15-22-16(25-30(4,27)28)24-17(23-15)29-10(3)12-5-6-13(18)21-14(12)19/h5-6,9-11,26H,7-8H2,1-4H3,(H2,20,22,23,24,25)/t10-,11-/m1/s1. The van der Waals surface area contributed by atoms with Crippen LogP contribution in [0.3, 0.4) is 0 Å². The number of sulfonamides is 1. The van der Waals surface area contributed by atoms with Gasteiger partial charge < -0.3 is 10.4 Å². The van der Waals surface area contributed by atoms with Crippen LogP contribution in [0.15, 0.2) is 17.3 Å². The van der Waals surface area contributed by atoms with Crippen molar-refractivity contribution >= 4 is 45.3 Å². The molecule has 30 heavy (non-hydrogen) atoms. The highest BCUT2D eigenvalue weighted by Gasteiger charge is 2.19. The number of thioether (sulfide) groups is 1. The first-order chi connectivity index (χ1) is 14.0. The summed E-state index contributed by atoms with van der Waals surface area (Å²) in [6, 6.07) is 2.67. The maximum atomic E-state index is 14.1. The van der Waals surface area contributed by atoms with E-state index in [1.165, 1.54) is 12.1 Å². The van der Waals surface area contributed by atoms with E-state index < -0.39 is 21.2 Å². The minimum atomic E-state index is -3.63. The largest absolute Gasteiger partial charge is 0.394 e. The maximum Gasteiger partial charge on any atom is 0.242 e. The molecule has 0 radical (unpaired) electrons. The van der Waals surface area contributed by atoms with Gasteiger partial charge in [0.2, 0.25) is 27.9 Å². The van der Waals surface area contributed by atoms with Crippen LogP contribution in [0.2, 0.25) is 5.15 Å². The summed E-state index contributed by atoms with van der Waals surface area (Å²) in [5, 5.41) is 12.4. The Morgan fingerprint density at radius 2 is 1.83 bits per heavy atom. The van der Waals surface area contributed by atoms with Crippen LogP contribution in [0.4, 0.5) is 16.3 Å². The van der Waals surface area contributed by atoms with Crippen LogP contribution in [0.1, 0.15) is 38.0 Å². The van der Waals surface area contributed by atoms with Gasteiger partial charge >= 0.3 is 0 Å². The molecule has 9 nitrogen and oxygen atoms in total. The Kier molecular flexibility index (Phi) is 8.59. The number of pyridine rings is 1. The number of halogens is 2. The average Bonchev–Trinajstić information content (AvgIpc) is 2.58. The number of aliphatic hydroxyl groups is 1. The zero-order valence-corrected chi connectivity index (χ0v) is 19.3. The van der Waals surface area contributed by atoms with Crippen molar-refractivity contribution in [3.8, 4) is 0 Å². The van der Waals surface area contributed by atoms with E-state index in [4.69, 9.17) is 11.6 Å². The van der Waals surface area contributed by atoms with E-state index in [0.717, 1.165) is 18.0 Å². The second kappa shape index (κ2) is 10.5. The SMILES string of the molecule is CC(C)C[C@H](CO)Nc1nc(NS(C)(=O)=O)nc(S[C@H](C)c2ccc(Cl)nc2F)n1. The lowest BCUT2D eigenvalue weighted by Crippen LogP contribution is -2.27. The van der Waals surface area contributed by atoms with E-state index in [9.17, 15) is 17.9 Å². The Morgan fingerprint density at radius 3 is 2.40 bits per heavy atom. The zero-order valence-electron chi connectivity index (χ0n) is 16.9. The molecule has 2 heterocycles. The molecule has 0 bridgehead atoms. The minimum Gasteiger partial charge on any atom is -0.394 e. The Morgan fingerprint density at radius 1 is 1.17 bits per heavy atom. The van der Waals surface area contributed by atoms with Crippen molar-refractivity contribution in [2.75, 3.05) is 22.9 Å². The molecule has 0 aliphatic heterocycles. The van der Waals surface area contributed by atoms with Crippen LogP contribution < -0.4 is 10.0 Å². The molecule has 13 heteroatoms. The van der Waals surface area contributed by atoms with Crippen molar-refractivity contribution in [3.05, 3.63) is 28.8 Å². The Hall–Kier alpha value is -1.76. The summed E-state index contributed by atoms with van der Waals surface area (Å²) < 4.78 is 39.6. The summed E-state index contributed by atoms with van der Waals surface area (Å²) in [6.07, 6.45) is 1.63. The minimum absolute atomic E-state index is 0.0416. The van der Waals surface area contributed by atoms with Gasteiger partial charge in [0, 0.05) is 10.8 Å². The topological polar surface area (TPSA) is 130 Å². The quantitative estimate of drug-likeness (QED) is 0.348. The van der Waals surface area contributed by atoms with E-state index in [2.05, 4.69) is 30.0 Å². The second-order valence-electron chi connectivity index (χ2n) is 7.07. The van der Waals surface area contributed by atoms with Crippen LogP contribution >= 0.6 is 23.4 Å². The molecule has 0 fully saturated rings. The molecule has 3 N–H and O–H groups in total. The van der Waals surface area contributed by atoms with Crippen molar-refractivity contribution in [2.24, 2.45) is 5.92 Å². The fourth-order valence-corrected chi connectivity index (χ4v) is 4.02. The molecular formula is C17H24ClFN6O3S2. The number of rotatable bonds is 10. The lowest BCUT2D eigenvalue weighted by atomic mass is 10.0. The number of anilines is 2. The van der Waals surface area contributed by atoms with Crippen LogP contribution in [0.25, 0.3) is 0 Å². The summed E-state index contributed by atoms with van der Waals surface area (Å²) in [4.78, 5) is 16.1. The van der Waals surface area contributed by atoms with Gasteiger partial charge in [-0.3, -0.25) is 4.72 Å². The van der Waals surface area contributed by atoms with Gasteiger partial charge in [0.05, 0.1) is 18.9 Å². The van der Waals surface area contributed by atoms with Crippen LogP contribution in [0, 0.1) is 11.9 Å². The fraction of sp³-hybridized carbons (Fsp3) is 0.529. The number of hydrogen-bond acceptors (Lipinski definition) is 9. The molecule has 0 saturated heterocycles. The third-order valence-electron chi connectivity index (χ3n) is 3.76. The van der Waals surface area contributed by atoms with Gasteiger partial charge in [-0.2, -0.15) is 19.3 Å². The van der Waals surface area contributed by atoms with Gasteiger partial charge in [0.25, 0.3) is 0 Å². The number of aromatic nitrogens is 4. The fourth-order valence-electron chi connectivity index (χ4n) is 2.56. The maximum absolute atomic E-state index is 14.1. The molecular weight excluding hydrogens is 455 g/mol. The summed E-state index contributed by atoms with van der Waals surface area (Å²) in [5.41, 5.74) is 0.296. The predicted octanol–water partition coefficient (Wildman–Crippen LogP) is 3.10. The lowest BCUT2D eigenvalue weighted by molar-refractivity contribution is 0.259. The van der Waals surface area contributed by atoms with Crippen molar-refractivity contribution < 1.29 is 17.9 Å². The molecule has 2 aromatic rings. The van der Waals surface area contributed by atoms with Crippen molar-refractivity contribution in [1.29, 1.82) is 0 Å². The first-order valence-electron chi connectivity index (χ1n) is 9.06. The highest BCUT2D eigenvalue weighted by molar-refractivity contribution is 7.99. The molecule has 2 aromatic heterocycles. The number of hydrogen-bond donors (Lipinski definition) is 3. The molecule has 0 aliphatic carbocycles. The number of nitrogens with one attached hydrogen (secondary N) is 2. The Bertz CT molecular complexity index is 980. The molecule has 2 rings (SSSR count). The zero-order chi connectivity index (χ0) is 22.5. The van der Waals surface area contributed by atoms with Gasteiger partial charge in [-0.25, -0.2) is 13.4 Å². The third-order valence-corrected chi connectivity index (χ3v) is 5.53. The number of nitrogens with zero attached hydrogens (tertiary/aromatic N) is 4. The van der Waals surface area contributed by atoms with E-state index >= 15 is 0 Å². The highest BCUT2D eigenvalue weighted by Crippen LogP contribution is 2.34. The molecule has 2 atom stereocenters. The van der Waals surface area contributed by atoms with Gasteiger partial charge in [-0.1, -0.05) is 43.3 Å². The molecule has 0 aromatic carbocycles. The smallest absolute Gasteiger partial charge is 0.242 e. The normalized spacial score (nSPS) is 13.9. The van der Waals surface area contributed by atoms with Gasteiger partial charge in [0.1, 0.15) is 5.15 Å². The highest BCUT2D eigenvalue weighted by atomic mass is 35.5. The third kappa shape index (κ3) is 7.82. The average molecular weight is 479 g/mol. The second-order valence-corrected chi connectivity index (χ2v) is 10.5. The summed E-state index contributed by atoms with van der Waals surface area (Å²) in [6.45, 7) is 5.59. The van der Waals surface area contributed by atoms with Crippen molar-refractivity contribution in [1.82, 2.24) is 19.9 Å². The Labute approximate surface area is 184 Å². The van der Waals surface area contributed by atoms with E-state index in [1.807, 2.05) is 13.8 Å². The van der Waals surface area contributed by atoms with Crippen LogP contribution in [-0.2, 0) is 10.0 Å². The van der Waals surface area contributed by atoms with E-state index in [1.54, 1.807) is 6.92 Å². The van der Waals surface area contributed by atoms with Crippen LogP contribution in [-0.4, -0.2) is 52.4 Å². The molecule has 0 saturated carbocycles. The Balaban J connectivity index is 2.33. The monoisotopic (exact) mass is 478 g/mol. The summed E-state index contributed by atoms with van der Waals surface area (Å²) >= 11 is 6.80. The van der Waals surface area contributed by atoms with Crippen molar-refractivity contribution in [3.63, 3.8) is 0 Å². The molecule has 0 aliphatic rings. The molecule has 0 amide bonds. The first-order valence-corrected chi connectivity index (χ1v) is 12.2. The number of aliphatic hydroxyl groups excluding tert-OH is 1. The molecule has 0 spiro atoms.